The Hall–Kier alpha value is 0.140. The normalized spacial score (nSPS) is 9.56. The average molecular weight is 195 g/mol. The Bertz CT molecular complexity index is 56.1. The molecule has 0 rings (SSSR count). The molecular weight excluding hydrogens is 180 g/mol. The molecule has 0 heterocycles. The van der Waals surface area contributed by atoms with Crippen LogP contribution in [0.4, 0.5) is 0 Å². The van der Waals surface area contributed by atoms with Gasteiger partial charge in [-0.05, 0) is 14.1 Å². The van der Waals surface area contributed by atoms with Crippen LogP contribution in [0, 0.1) is 0 Å². The van der Waals surface area contributed by atoms with E-state index in [0.717, 1.165) is 13.1 Å². The minimum absolute atomic E-state index is 0. The zero-order chi connectivity index (χ0) is 6.24. The van der Waals surface area contributed by atoms with Gasteiger partial charge in [0.05, 0.1) is 0 Å². The molecule has 56 valence electrons. The zero-order valence-electron chi connectivity index (χ0n) is 5.98. The van der Waals surface area contributed by atoms with Gasteiger partial charge in [0.25, 0.3) is 0 Å². The number of likely N-dealkylation sites (N-methyl/N-ethyl adjacent to an activating group) is 2. The van der Waals surface area contributed by atoms with Crippen molar-refractivity contribution in [2.24, 2.45) is 0 Å². The molecule has 0 unspecified atom stereocenters. The summed E-state index contributed by atoms with van der Waals surface area (Å²) in [6.45, 7) is 1.92. The lowest BCUT2D eigenvalue weighted by Crippen LogP contribution is -2.07. The third-order valence-electron chi connectivity index (χ3n) is 0.811. The number of nitrogens with one attached hydrogen (secondary N) is 2. The van der Waals surface area contributed by atoms with Crippen LogP contribution in [0.15, 0.2) is 12.2 Å². The van der Waals surface area contributed by atoms with Crippen LogP contribution in [-0.4, -0.2) is 27.2 Å². The first-order valence-electron chi connectivity index (χ1n) is 2.86. The van der Waals surface area contributed by atoms with Gasteiger partial charge in [0.15, 0.2) is 0 Å². The molecule has 0 atom stereocenters. The number of rotatable bonds is 4. The first-order chi connectivity index (χ1) is 3.91. The standard InChI is InChI=1S/C6H14N2.BrH/c1-7-5-3-4-6-8-2;/h3-4,7-8H,5-6H2,1-2H3;1H/b4-3+;. The Labute approximate surface area is 67.5 Å². The fourth-order valence-electron chi connectivity index (χ4n) is 0.402. The summed E-state index contributed by atoms with van der Waals surface area (Å²) in [6, 6.07) is 0. The lowest BCUT2D eigenvalue weighted by atomic mass is 10.5. The van der Waals surface area contributed by atoms with Crippen LogP contribution in [0.5, 0.6) is 0 Å². The van der Waals surface area contributed by atoms with Gasteiger partial charge in [-0.15, -0.1) is 17.0 Å². The molecule has 0 saturated carbocycles. The van der Waals surface area contributed by atoms with Crippen LogP contribution in [0.3, 0.4) is 0 Å². The number of hydrogen-bond donors (Lipinski definition) is 2. The molecule has 0 aliphatic rings. The Morgan fingerprint density at radius 1 is 1.00 bits per heavy atom. The van der Waals surface area contributed by atoms with Gasteiger partial charge in [0.1, 0.15) is 0 Å². The van der Waals surface area contributed by atoms with Crippen molar-refractivity contribution in [3.05, 3.63) is 12.2 Å². The lowest BCUT2D eigenvalue weighted by molar-refractivity contribution is 0.891. The fourth-order valence-corrected chi connectivity index (χ4v) is 0.402. The van der Waals surface area contributed by atoms with Gasteiger partial charge in [-0.2, -0.15) is 0 Å². The van der Waals surface area contributed by atoms with Gasteiger partial charge < -0.3 is 10.6 Å². The maximum Gasteiger partial charge on any atom is 0.0132 e. The van der Waals surface area contributed by atoms with E-state index in [4.69, 9.17) is 0 Å². The summed E-state index contributed by atoms with van der Waals surface area (Å²) in [7, 11) is 3.87. The second kappa shape index (κ2) is 11.0. The first-order valence-corrected chi connectivity index (χ1v) is 2.86. The van der Waals surface area contributed by atoms with Crippen LogP contribution in [0.25, 0.3) is 0 Å². The monoisotopic (exact) mass is 194 g/mol. The molecule has 0 fully saturated rings. The Kier molecular flexibility index (Phi) is 14.5. The molecule has 0 bridgehead atoms. The topological polar surface area (TPSA) is 24.1 Å². The van der Waals surface area contributed by atoms with E-state index in [1.165, 1.54) is 0 Å². The van der Waals surface area contributed by atoms with Crippen LogP contribution in [0.1, 0.15) is 0 Å². The highest BCUT2D eigenvalue weighted by molar-refractivity contribution is 8.93. The molecule has 0 aromatic carbocycles. The molecule has 2 nitrogen and oxygen atoms in total. The minimum Gasteiger partial charge on any atom is -0.316 e. The van der Waals surface area contributed by atoms with E-state index in [0.29, 0.717) is 0 Å². The van der Waals surface area contributed by atoms with Gasteiger partial charge in [-0.25, -0.2) is 0 Å². The number of hydrogen-bond acceptors (Lipinski definition) is 2. The van der Waals surface area contributed by atoms with Crippen molar-refractivity contribution in [1.29, 1.82) is 0 Å². The summed E-state index contributed by atoms with van der Waals surface area (Å²) in [6.07, 6.45) is 4.19. The van der Waals surface area contributed by atoms with Crippen molar-refractivity contribution in [1.82, 2.24) is 10.6 Å². The predicted molar refractivity (Wildman–Crippen MR) is 47.3 cm³/mol. The number of halogens is 1. The maximum atomic E-state index is 3.01. The summed E-state index contributed by atoms with van der Waals surface area (Å²) in [5.41, 5.74) is 0. The van der Waals surface area contributed by atoms with Gasteiger partial charge >= 0.3 is 0 Å². The van der Waals surface area contributed by atoms with Crippen molar-refractivity contribution < 1.29 is 0 Å². The third-order valence-corrected chi connectivity index (χ3v) is 0.811. The minimum atomic E-state index is 0. The second-order valence-corrected chi connectivity index (χ2v) is 1.59. The Balaban J connectivity index is 0. The molecule has 0 spiro atoms. The van der Waals surface area contributed by atoms with Gasteiger partial charge in [-0.1, -0.05) is 12.2 Å². The van der Waals surface area contributed by atoms with E-state index >= 15 is 0 Å². The molecule has 2 N–H and O–H groups in total. The van der Waals surface area contributed by atoms with Gasteiger partial charge in [0, 0.05) is 13.1 Å². The van der Waals surface area contributed by atoms with Crippen LogP contribution in [0.2, 0.25) is 0 Å². The Morgan fingerprint density at radius 3 is 1.56 bits per heavy atom. The fraction of sp³-hybridized carbons (Fsp3) is 0.667. The highest BCUT2D eigenvalue weighted by atomic mass is 79.9. The van der Waals surface area contributed by atoms with Crippen molar-refractivity contribution in [3.8, 4) is 0 Å². The van der Waals surface area contributed by atoms with Crippen molar-refractivity contribution >= 4 is 17.0 Å². The summed E-state index contributed by atoms with van der Waals surface area (Å²) >= 11 is 0. The van der Waals surface area contributed by atoms with Crippen molar-refractivity contribution in [2.75, 3.05) is 27.2 Å². The van der Waals surface area contributed by atoms with Crippen LogP contribution >= 0.6 is 17.0 Å². The van der Waals surface area contributed by atoms with Crippen LogP contribution < -0.4 is 10.6 Å². The van der Waals surface area contributed by atoms with E-state index in [1.54, 1.807) is 0 Å². The molecule has 0 aliphatic heterocycles. The van der Waals surface area contributed by atoms with E-state index in [-0.39, 0.29) is 17.0 Å². The Morgan fingerprint density at radius 2 is 1.33 bits per heavy atom. The molecule has 0 aromatic rings. The smallest absolute Gasteiger partial charge is 0.0132 e. The van der Waals surface area contributed by atoms with Gasteiger partial charge in [0.2, 0.25) is 0 Å². The predicted octanol–water partition coefficient (Wildman–Crippen LogP) is 0.559. The van der Waals surface area contributed by atoms with Crippen molar-refractivity contribution in [2.45, 2.75) is 0 Å². The molecule has 0 amide bonds. The molecular formula is C6H15BrN2. The summed E-state index contributed by atoms with van der Waals surface area (Å²) in [4.78, 5) is 0. The summed E-state index contributed by atoms with van der Waals surface area (Å²) < 4.78 is 0. The second-order valence-electron chi connectivity index (χ2n) is 1.59. The van der Waals surface area contributed by atoms with Crippen molar-refractivity contribution in [3.63, 3.8) is 0 Å². The zero-order valence-corrected chi connectivity index (χ0v) is 7.69. The SMILES string of the molecule is Br.CNC/C=C/CNC. The molecule has 9 heavy (non-hydrogen) atoms. The van der Waals surface area contributed by atoms with Crippen LogP contribution in [-0.2, 0) is 0 Å². The highest BCUT2D eigenvalue weighted by Gasteiger charge is 1.68. The third kappa shape index (κ3) is 11.6. The van der Waals surface area contributed by atoms with Gasteiger partial charge in [-0.3, -0.25) is 0 Å². The molecule has 0 aromatic heterocycles. The quantitative estimate of drug-likeness (QED) is 0.640. The van der Waals surface area contributed by atoms with E-state index in [2.05, 4.69) is 22.8 Å². The van der Waals surface area contributed by atoms with E-state index in [9.17, 15) is 0 Å². The average Bonchev–Trinajstić information content (AvgIpc) is 1.81. The van der Waals surface area contributed by atoms with E-state index < -0.39 is 0 Å². The molecule has 0 radical (unpaired) electrons. The lowest BCUT2D eigenvalue weighted by Gasteiger charge is -1.88. The summed E-state index contributed by atoms with van der Waals surface area (Å²) in [5, 5.41) is 6.02. The molecule has 0 aliphatic carbocycles. The first kappa shape index (κ1) is 11.9. The maximum absolute atomic E-state index is 3.01. The molecule has 0 saturated heterocycles. The van der Waals surface area contributed by atoms with E-state index in [1.807, 2.05) is 14.1 Å². The molecule has 3 heteroatoms. The summed E-state index contributed by atoms with van der Waals surface area (Å²) in [5.74, 6) is 0. The largest absolute Gasteiger partial charge is 0.316 e. The highest BCUT2D eigenvalue weighted by Crippen LogP contribution is 1.64.